The minimum atomic E-state index is -1.11. The van der Waals surface area contributed by atoms with Crippen molar-refractivity contribution in [3.05, 3.63) is 48.0 Å². The molecular formula is C22H28N6O5Si. The normalized spacial score (nSPS) is 11.2. The number of aromatic nitrogens is 6. The topological polar surface area (TPSA) is 134 Å². The van der Waals surface area contributed by atoms with Crippen molar-refractivity contribution in [2.45, 2.75) is 32.4 Å². The maximum atomic E-state index is 11.7. The Bertz CT molecular complexity index is 1280. The van der Waals surface area contributed by atoms with Crippen LogP contribution in [0.15, 0.2) is 36.7 Å². The fourth-order valence-electron chi connectivity index (χ4n) is 2.98. The monoisotopic (exact) mass is 484 g/mol. The largest absolute Gasteiger partial charge is 0.464 e. The Morgan fingerprint density at radius 3 is 2.35 bits per heavy atom. The van der Waals surface area contributed by atoms with E-state index in [0.29, 0.717) is 34.4 Å². The van der Waals surface area contributed by atoms with E-state index in [1.54, 1.807) is 41.3 Å². The number of nitrogens with zero attached hydrogens (tertiary/aromatic N) is 5. The number of hydrogen-bond acceptors (Lipinski definition) is 9. The Morgan fingerprint density at radius 2 is 1.68 bits per heavy atom. The molecule has 0 aliphatic heterocycles. The van der Waals surface area contributed by atoms with Crippen LogP contribution >= 0.6 is 0 Å². The third-order valence-electron chi connectivity index (χ3n) is 4.81. The van der Waals surface area contributed by atoms with Gasteiger partial charge in [-0.05, 0) is 30.3 Å². The number of ether oxygens (including phenoxy) is 3. The van der Waals surface area contributed by atoms with E-state index < -0.39 is 20.0 Å². The molecule has 34 heavy (non-hydrogen) atoms. The number of H-pyrrole nitrogens is 1. The van der Waals surface area contributed by atoms with E-state index in [9.17, 15) is 9.59 Å². The summed E-state index contributed by atoms with van der Waals surface area (Å²) in [6, 6.07) is 8.17. The second-order valence-electron chi connectivity index (χ2n) is 8.53. The summed E-state index contributed by atoms with van der Waals surface area (Å²) in [6.07, 6.45) is 3.29. The standard InChI is InChI=1S/C14H21N3O3Si.C8H7N3O2/c1-19-14(18)12-11-6-5-7-15-13(11)17(16-12)10-20-8-9-21(2,3)4;1-13-8(12)6-5-3-2-4-9-7(5)11-10-6/h5-7H,8-10H2,1-4H3;2-4H,1H3,(H,9,10,11). The molecule has 4 aromatic heterocycles. The molecule has 0 aliphatic carbocycles. The van der Waals surface area contributed by atoms with Crippen LogP contribution in [0.5, 0.6) is 0 Å². The number of esters is 2. The van der Waals surface area contributed by atoms with Crippen LogP contribution in [0, 0.1) is 0 Å². The number of carbonyl (C=O) groups excluding carboxylic acids is 2. The molecule has 0 spiro atoms. The molecule has 0 radical (unpaired) electrons. The second-order valence-corrected chi connectivity index (χ2v) is 14.1. The van der Waals surface area contributed by atoms with Crippen LogP contribution < -0.4 is 0 Å². The maximum Gasteiger partial charge on any atom is 0.359 e. The van der Waals surface area contributed by atoms with Crippen molar-refractivity contribution in [3.8, 4) is 0 Å². The Morgan fingerprint density at radius 1 is 1.00 bits per heavy atom. The summed E-state index contributed by atoms with van der Waals surface area (Å²) in [7, 11) is 1.55. The number of carbonyl (C=O) groups is 2. The first-order chi connectivity index (χ1) is 16.2. The molecule has 0 unspecified atom stereocenters. The summed E-state index contributed by atoms with van der Waals surface area (Å²) < 4.78 is 16.6. The first-order valence-electron chi connectivity index (χ1n) is 10.6. The van der Waals surface area contributed by atoms with Gasteiger partial charge in [0.05, 0.1) is 25.0 Å². The van der Waals surface area contributed by atoms with Gasteiger partial charge in [-0.25, -0.2) is 24.2 Å². The molecule has 0 atom stereocenters. The molecule has 0 bridgehead atoms. The van der Waals surface area contributed by atoms with Gasteiger partial charge in [-0.2, -0.15) is 10.2 Å². The number of fused-ring (bicyclic) bond motifs is 2. The quantitative estimate of drug-likeness (QED) is 0.238. The highest BCUT2D eigenvalue weighted by Crippen LogP contribution is 2.17. The van der Waals surface area contributed by atoms with Crippen LogP contribution in [-0.2, 0) is 20.9 Å². The van der Waals surface area contributed by atoms with Gasteiger partial charge in [0.15, 0.2) is 22.7 Å². The first-order valence-corrected chi connectivity index (χ1v) is 14.3. The molecule has 4 aromatic rings. The van der Waals surface area contributed by atoms with Crippen molar-refractivity contribution < 1.29 is 23.8 Å². The van der Waals surface area contributed by atoms with Crippen LogP contribution in [0.25, 0.3) is 22.1 Å². The van der Waals surface area contributed by atoms with Crippen molar-refractivity contribution in [1.29, 1.82) is 0 Å². The van der Waals surface area contributed by atoms with Gasteiger partial charge in [0, 0.05) is 27.1 Å². The summed E-state index contributed by atoms with van der Waals surface area (Å²) in [6.45, 7) is 7.89. The summed E-state index contributed by atoms with van der Waals surface area (Å²) in [4.78, 5) is 31.1. The number of methoxy groups -OCH3 is 2. The molecule has 0 saturated heterocycles. The lowest BCUT2D eigenvalue weighted by molar-refractivity contribution is 0.0580. The average Bonchev–Trinajstić information content (AvgIpc) is 3.43. The van der Waals surface area contributed by atoms with Gasteiger partial charge in [-0.1, -0.05) is 19.6 Å². The van der Waals surface area contributed by atoms with Crippen LogP contribution in [0.3, 0.4) is 0 Å². The Labute approximate surface area is 197 Å². The Balaban J connectivity index is 0.000000212. The van der Waals surface area contributed by atoms with Crippen molar-refractivity contribution in [3.63, 3.8) is 0 Å². The SMILES string of the molecule is COC(=O)c1[nH]nc2ncccc12.COC(=O)c1nn(COCC[Si](C)(C)C)c2ncccc12. The molecular weight excluding hydrogens is 456 g/mol. The zero-order valence-electron chi connectivity index (χ0n) is 19.9. The van der Waals surface area contributed by atoms with E-state index in [0.717, 1.165) is 6.04 Å². The highest BCUT2D eigenvalue weighted by molar-refractivity contribution is 6.76. The third-order valence-corrected chi connectivity index (χ3v) is 6.52. The Hall–Kier alpha value is -3.64. The van der Waals surface area contributed by atoms with Crippen LogP contribution in [0.4, 0.5) is 0 Å². The lowest BCUT2D eigenvalue weighted by Crippen LogP contribution is -2.22. The van der Waals surface area contributed by atoms with Crippen LogP contribution in [-0.4, -0.2) is 70.8 Å². The fourth-order valence-corrected chi connectivity index (χ4v) is 3.74. The molecule has 4 heterocycles. The molecule has 0 fully saturated rings. The predicted molar refractivity (Wildman–Crippen MR) is 128 cm³/mol. The molecule has 0 aliphatic rings. The highest BCUT2D eigenvalue weighted by atomic mass is 28.3. The van der Waals surface area contributed by atoms with Gasteiger partial charge < -0.3 is 14.2 Å². The second kappa shape index (κ2) is 11.0. The van der Waals surface area contributed by atoms with E-state index in [-0.39, 0.29) is 12.4 Å². The summed E-state index contributed by atoms with van der Waals surface area (Å²) in [5, 5.41) is 12.0. The smallest absolute Gasteiger partial charge is 0.359 e. The number of pyridine rings is 2. The van der Waals surface area contributed by atoms with Gasteiger partial charge in [0.2, 0.25) is 0 Å². The fraction of sp³-hybridized carbons (Fsp3) is 0.364. The zero-order valence-corrected chi connectivity index (χ0v) is 20.9. The average molecular weight is 485 g/mol. The predicted octanol–water partition coefficient (Wildman–Crippen LogP) is 3.27. The van der Waals surface area contributed by atoms with E-state index >= 15 is 0 Å². The lowest BCUT2D eigenvalue weighted by Gasteiger charge is -2.15. The summed E-state index contributed by atoms with van der Waals surface area (Å²) in [5.74, 6) is -0.899. The van der Waals surface area contributed by atoms with Crippen LogP contribution in [0.1, 0.15) is 21.0 Å². The van der Waals surface area contributed by atoms with Gasteiger partial charge in [-0.15, -0.1) is 0 Å². The van der Waals surface area contributed by atoms with Gasteiger partial charge in [0.1, 0.15) is 6.73 Å². The van der Waals surface area contributed by atoms with Gasteiger partial charge in [0.25, 0.3) is 0 Å². The minimum Gasteiger partial charge on any atom is -0.464 e. The molecule has 180 valence electrons. The van der Waals surface area contributed by atoms with Crippen molar-refractivity contribution in [2.24, 2.45) is 0 Å². The number of aromatic amines is 1. The summed E-state index contributed by atoms with van der Waals surface area (Å²) >= 11 is 0. The van der Waals surface area contributed by atoms with E-state index in [2.05, 4.69) is 49.6 Å². The first kappa shape index (κ1) is 25.0. The Kier molecular flexibility index (Phi) is 8.07. The maximum absolute atomic E-state index is 11.7. The zero-order chi connectivity index (χ0) is 24.7. The van der Waals surface area contributed by atoms with E-state index in [1.165, 1.54) is 14.2 Å². The lowest BCUT2D eigenvalue weighted by atomic mass is 10.3. The van der Waals surface area contributed by atoms with Crippen molar-refractivity contribution >= 4 is 42.1 Å². The molecule has 12 heteroatoms. The molecule has 0 aromatic carbocycles. The molecule has 0 amide bonds. The highest BCUT2D eigenvalue weighted by Gasteiger charge is 2.19. The molecule has 0 saturated carbocycles. The summed E-state index contributed by atoms with van der Waals surface area (Å²) in [5.41, 5.74) is 1.76. The molecule has 11 nitrogen and oxygen atoms in total. The third kappa shape index (κ3) is 6.02. The number of rotatable bonds is 7. The van der Waals surface area contributed by atoms with Crippen molar-refractivity contribution in [2.75, 3.05) is 20.8 Å². The molecule has 4 rings (SSSR count). The molecule has 1 N–H and O–H groups in total. The van der Waals surface area contributed by atoms with E-state index in [4.69, 9.17) is 9.47 Å². The van der Waals surface area contributed by atoms with Gasteiger partial charge >= 0.3 is 11.9 Å². The van der Waals surface area contributed by atoms with Crippen LogP contribution in [0.2, 0.25) is 25.7 Å². The number of hydrogen-bond donors (Lipinski definition) is 1. The minimum absolute atomic E-state index is 0.273. The van der Waals surface area contributed by atoms with Crippen molar-refractivity contribution in [1.82, 2.24) is 29.9 Å². The number of nitrogens with one attached hydrogen (secondary N) is 1. The van der Waals surface area contributed by atoms with Gasteiger partial charge in [-0.3, -0.25) is 5.10 Å². The van der Waals surface area contributed by atoms with E-state index in [1.807, 2.05) is 0 Å².